The Morgan fingerprint density at radius 1 is 1.08 bits per heavy atom. The molecule has 5 rings (SSSR count). The van der Waals surface area contributed by atoms with Crippen LogP contribution in [0.3, 0.4) is 0 Å². The highest BCUT2D eigenvalue weighted by molar-refractivity contribution is 5.39. The van der Waals surface area contributed by atoms with Crippen LogP contribution in [0.4, 0.5) is 5.95 Å². The van der Waals surface area contributed by atoms with Gasteiger partial charge in [0.2, 0.25) is 5.95 Å². The fourth-order valence-electron chi connectivity index (χ4n) is 5.24. The molecule has 2 aromatic heterocycles. The second-order valence-electron chi connectivity index (χ2n) is 8.26. The monoisotopic (exact) mass is 353 g/mol. The smallest absolute Gasteiger partial charge is 0.225 e. The first kappa shape index (κ1) is 16.2. The molecule has 0 bridgehead atoms. The molecule has 0 radical (unpaired) electrons. The Morgan fingerprint density at radius 3 is 2.69 bits per heavy atom. The van der Waals surface area contributed by atoms with Crippen LogP contribution in [0, 0.1) is 18.8 Å². The van der Waals surface area contributed by atoms with Gasteiger partial charge in [0.15, 0.2) is 0 Å². The Morgan fingerprint density at radius 2 is 1.88 bits per heavy atom. The molecule has 6 nitrogen and oxygen atoms in total. The third-order valence-electron chi connectivity index (χ3n) is 6.63. The Labute approximate surface area is 154 Å². The van der Waals surface area contributed by atoms with Crippen LogP contribution < -0.4 is 4.90 Å². The van der Waals surface area contributed by atoms with E-state index in [4.69, 9.17) is 9.97 Å². The highest BCUT2D eigenvalue weighted by Gasteiger charge is 2.43. The standard InChI is InChI=1S/C20H27N5O/c1-13-16-5-2-3-6-17(16)23-20(22-13)24-11-14-9-18(25-8-4-7-21-25)19(26)10-15(14)12-24/h4,7-8,14-15,18-19,26H,2-3,5-6,9-12H2,1H3/t14-,15+,18-,19-/m1/s1. The van der Waals surface area contributed by atoms with Gasteiger partial charge < -0.3 is 10.0 Å². The van der Waals surface area contributed by atoms with Crippen LogP contribution in [-0.4, -0.2) is 44.0 Å². The zero-order valence-corrected chi connectivity index (χ0v) is 15.4. The quantitative estimate of drug-likeness (QED) is 0.897. The van der Waals surface area contributed by atoms with Crippen molar-refractivity contribution in [1.82, 2.24) is 19.7 Å². The number of nitrogens with zero attached hydrogens (tertiary/aromatic N) is 5. The third-order valence-corrected chi connectivity index (χ3v) is 6.63. The molecule has 1 saturated carbocycles. The second kappa shape index (κ2) is 6.34. The number of anilines is 1. The number of aromatic nitrogens is 4. The molecule has 138 valence electrons. The van der Waals surface area contributed by atoms with E-state index in [0.29, 0.717) is 11.8 Å². The molecule has 0 spiro atoms. The molecule has 1 saturated heterocycles. The van der Waals surface area contributed by atoms with Crippen LogP contribution in [0.25, 0.3) is 0 Å². The number of hydrogen-bond donors (Lipinski definition) is 1. The van der Waals surface area contributed by atoms with E-state index in [0.717, 1.165) is 50.4 Å². The van der Waals surface area contributed by atoms with Gasteiger partial charge in [0.1, 0.15) is 0 Å². The molecular weight excluding hydrogens is 326 g/mol. The first-order chi connectivity index (χ1) is 12.7. The molecule has 1 aliphatic heterocycles. The molecule has 3 aliphatic rings. The van der Waals surface area contributed by atoms with Crippen molar-refractivity contribution in [2.45, 2.75) is 57.6 Å². The molecular formula is C20H27N5O. The summed E-state index contributed by atoms with van der Waals surface area (Å²) in [6, 6.07) is 2.03. The van der Waals surface area contributed by atoms with Gasteiger partial charge in [-0.2, -0.15) is 5.10 Å². The van der Waals surface area contributed by atoms with Crippen LogP contribution in [0.1, 0.15) is 48.7 Å². The van der Waals surface area contributed by atoms with Crippen molar-refractivity contribution in [3.05, 3.63) is 35.4 Å². The van der Waals surface area contributed by atoms with E-state index in [9.17, 15) is 5.11 Å². The van der Waals surface area contributed by atoms with Crippen molar-refractivity contribution >= 4 is 5.95 Å². The van der Waals surface area contributed by atoms with Crippen LogP contribution in [-0.2, 0) is 12.8 Å². The fourth-order valence-corrected chi connectivity index (χ4v) is 5.24. The lowest BCUT2D eigenvalue weighted by molar-refractivity contribution is 0.0306. The molecule has 1 N–H and O–H groups in total. The highest BCUT2D eigenvalue weighted by Crippen LogP contribution is 2.42. The highest BCUT2D eigenvalue weighted by atomic mass is 16.3. The van der Waals surface area contributed by atoms with Gasteiger partial charge in [-0.25, -0.2) is 9.97 Å². The minimum absolute atomic E-state index is 0.0948. The molecule has 2 fully saturated rings. The van der Waals surface area contributed by atoms with E-state index < -0.39 is 0 Å². The topological polar surface area (TPSA) is 67.1 Å². The Hall–Kier alpha value is -1.95. The molecule has 0 unspecified atom stereocenters. The van der Waals surface area contributed by atoms with Gasteiger partial charge in [0, 0.05) is 36.9 Å². The molecule has 26 heavy (non-hydrogen) atoms. The van der Waals surface area contributed by atoms with Gasteiger partial charge in [-0.15, -0.1) is 0 Å². The van der Waals surface area contributed by atoms with Gasteiger partial charge in [-0.05, 0) is 68.9 Å². The molecule has 3 heterocycles. The summed E-state index contributed by atoms with van der Waals surface area (Å²) in [7, 11) is 0. The van der Waals surface area contributed by atoms with Crippen molar-refractivity contribution in [2.24, 2.45) is 11.8 Å². The average molecular weight is 353 g/mol. The summed E-state index contributed by atoms with van der Waals surface area (Å²) in [5, 5.41) is 15.0. The summed E-state index contributed by atoms with van der Waals surface area (Å²) >= 11 is 0. The van der Waals surface area contributed by atoms with Gasteiger partial charge in [-0.3, -0.25) is 4.68 Å². The number of rotatable bonds is 2. The van der Waals surface area contributed by atoms with Gasteiger partial charge in [0.25, 0.3) is 0 Å². The molecule has 6 heteroatoms. The summed E-state index contributed by atoms with van der Waals surface area (Å²) in [5.74, 6) is 2.01. The Kier molecular flexibility index (Phi) is 3.96. The molecule has 2 aromatic rings. The van der Waals surface area contributed by atoms with Crippen LogP contribution in [0.2, 0.25) is 0 Å². The Balaban J connectivity index is 1.37. The predicted octanol–water partition coefficient (Wildman–Crippen LogP) is 2.31. The van der Waals surface area contributed by atoms with Gasteiger partial charge in [-0.1, -0.05) is 0 Å². The normalized spacial score (nSPS) is 30.9. The predicted molar refractivity (Wildman–Crippen MR) is 99.1 cm³/mol. The van der Waals surface area contributed by atoms with E-state index >= 15 is 0 Å². The summed E-state index contributed by atoms with van der Waals surface area (Å²) in [6.07, 6.45) is 9.99. The second-order valence-corrected chi connectivity index (χ2v) is 8.26. The van der Waals surface area contributed by atoms with Gasteiger partial charge in [0.05, 0.1) is 12.1 Å². The first-order valence-corrected chi connectivity index (χ1v) is 9.97. The maximum atomic E-state index is 10.6. The van der Waals surface area contributed by atoms with Crippen molar-refractivity contribution < 1.29 is 5.11 Å². The third kappa shape index (κ3) is 2.71. The van der Waals surface area contributed by atoms with Crippen molar-refractivity contribution in [1.29, 1.82) is 0 Å². The van der Waals surface area contributed by atoms with Crippen LogP contribution in [0.15, 0.2) is 18.5 Å². The van der Waals surface area contributed by atoms with E-state index in [1.54, 1.807) is 6.20 Å². The largest absolute Gasteiger partial charge is 0.391 e. The minimum atomic E-state index is -0.317. The maximum Gasteiger partial charge on any atom is 0.225 e. The van der Waals surface area contributed by atoms with Crippen LogP contribution in [0.5, 0.6) is 0 Å². The zero-order valence-electron chi connectivity index (χ0n) is 15.4. The van der Waals surface area contributed by atoms with Crippen molar-refractivity contribution in [3.8, 4) is 0 Å². The summed E-state index contributed by atoms with van der Waals surface area (Å²) < 4.78 is 1.93. The lowest BCUT2D eigenvalue weighted by Gasteiger charge is -2.35. The summed E-state index contributed by atoms with van der Waals surface area (Å²) in [5.41, 5.74) is 3.81. The lowest BCUT2D eigenvalue weighted by Crippen LogP contribution is -2.36. The molecule has 0 aromatic carbocycles. The minimum Gasteiger partial charge on any atom is -0.391 e. The number of fused-ring (bicyclic) bond motifs is 2. The summed E-state index contributed by atoms with van der Waals surface area (Å²) in [6.45, 7) is 4.09. The molecule has 0 amide bonds. The molecule has 2 aliphatic carbocycles. The van der Waals surface area contributed by atoms with E-state index in [2.05, 4.69) is 16.9 Å². The SMILES string of the molecule is Cc1nc(N2C[C@H]3C[C@@H](n4cccn4)[C@H](O)C[C@H]3C2)nc2c1CCCC2. The lowest BCUT2D eigenvalue weighted by atomic mass is 9.77. The first-order valence-electron chi connectivity index (χ1n) is 9.97. The summed E-state index contributed by atoms with van der Waals surface area (Å²) in [4.78, 5) is 12.1. The van der Waals surface area contributed by atoms with Gasteiger partial charge >= 0.3 is 0 Å². The van der Waals surface area contributed by atoms with E-state index in [1.807, 2.05) is 16.9 Å². The van der Waals surface area contributed by atoms with E-state index in [-0.39, 0.29) is 12.1 Å². The van der Waals surface area contributed by atoms with Crippen molar-refractivity contribution in [2.75, 3.05) is 18.0 Å². The Bertz CT molecular complexity index is 790. The molecule has 4 atom stereocenters. The average Bonchev–Trinajstić information content (AvgIpc) is 3.30. The number of aliphatic hydroxyl groups is 1. The number of hydrogen-bond acceptors (Lipinski definition) is 5. The van der Waals surface area contributed by atoms with Crippen LogP contribution >= 0.6 is 0 Å². The maximum absolute atomic E-state index is 10.6. The van der Waals surface area contributed by atoms with E-state index in [1.165, 1.54) is 24.1 Å². The fraction of sp³-hybridized carbons (Fsp3) is 0.650. The number of aliphatic hydroxyl groups excluding tert-OH is 1. The number of aryl methyl sites for hydroxylation is 2. The van der Waals surface area contributed by atoms with Crippen molar-refractivity contribution in [3.63, 3.8) is 0 Å². The zero-order chi connectivity index (χ0) is 17.7.